The molecule has 3 aromatic carbocycles. The molecule has 0 fully saturated rings. The van der Waals surface area contributed by atoms with Crippen molar-refractivity contribution in [2.45, 2.75) is 13.0 Å². The van der Waals surface area contributed by atoms with Crippen molar-refractivity contribution in [3.05, 3.63) is 94.0 Å². The van der Waals surface area contributed by atoms with Gasteiger partial charge in [0.1, 0.15) is 11.5 Å². The van der Waals surface area contributed by atoms with Gasteiger partial charge in [0.25, 0.3) is 11.6 Å². The van der Waals surface area contributed by atoms with Gasteiger partial charge in [0, 0.05) is 35.0 Å². The molecule has 1 amide bonds. The second-order valence-electron chi connectivity index (χ2n) is 6.64. The predicted octanol–water partition coefficient (Wildman–Crippen LogP) is 4.51. The van der Waals surface area contributed by atoms with E-state index >= 15 is 0 Å². The van der Waals surface area contributed by atoms with Crippen molar-refractivity contribution in [2.24, 2.45) is 0 Å². The van der Waals surface area contributed by atoms with Crippen LogP contribution in [0.25, 0.3) is 0 Å². The highest BCUT2D eigenvalue weighted by Gasteiger charge is 2.18. The molecule has 0 aliphatic heterocycles. The number of nitro benzene ring substituents is 1. The van der Waals surface area contributed by atoms with Gasteiger partial charge in [-0.25, -0.2) is 0 Å². The minimum atomic E-state index is -0.754. The zero-order valence-corrected chi connectivity index (χ0v) is 16.9. The molecule has 3 rings (SSSR count). The number of nitrogens with one attached hydrogen (secondary N) is 1. The highest BCUT2D eigenvalue weighted by atomic mass is 16.6. The molecule has 0 saturated carbocycles. The van der Waals surface area contributed by atoms with Crippen LogP contribution in [0.3, 0.4) is 0 Å². The van der Waals surface area contributed by atoms with Gasteiger partial charge >= 0.3 is 0 Å². The van der Waals surface area contributed by atoms with Crippen molar-refractivity contribution in [2.75, 3.05) is 12.4 Å². The van der Waals surface area contributed by atoms with Crippen LogP contribution in [0.1, 0.15) is 27.6 Å². The molecule has 31 heavy (non-hydrogen) atoms. The van der Waals surface area contributed by atoms with Crippen molar-refractivity contribution in [1.29, 1.82) is 0 Å². The van der Waals surface area contributed by atoms with Gasteiger partial charge in [-0.15, -0.1) is 0 Å². The van der Waals surface area contributed by atoms with E-state index in [1.807, 2.05) is 0 Å². The van der Waals surface area contributed by atoms with Crippen LogP contribution in [0.5, 0.6) is 11.5 Å². The minimum Gasteiger partial charge on any atom is -0.497 e. The number of ketones is 1. The molecular formula is C23H20N2O6. The van der Waals surface area contributed by atoms with Crippen molar-refractivity contribution in [3.8, 4) is 11.5 Å². The molecule has 0 saturated heterocycles. The Morgan fingerprint density at radius 3 is 2.32 bits per heavy atom. The van der Waals surface area contributed by atoms with Gasteiger partial charge in [-0.1, -0.05) is 12.1 Å². The largest absolute Gasteiger partial charge is 0.497 e. The van der Waals surface area contributed by atoms with E-state index in [0.29, 0.717) is 22.7 Å². The lowest BCUT2D eigenvalue weighted by Gasteiger charge is -2.15. The van der Waals surface area contributed by atoms with Crippen LogP contribution < -0.4 is 14.8 Å². The number of nitro groups is 1. The Balaban J connectivity index is 1.68. The van der Waals surface area contributed by atoms with Crippen molar-refractivity contribution >= 4 is 23.1 Å². The van der Waals surface area contributed by atoms with Crippen LogP contribution >= 0.6 is 0 Å². The molecule has 8 nitrogen and oxygen atoms in total. The third kappa shape index (κ3) is 5.45. The smallest absolute Gasteiger partial charge is 0.270 e. The summed E-state index contributed by atoms with van der Waals surface area (Å²) in [4.78, 5) is 35.4. The Kier molecular flexibility index (Phi) is 6.61. The summed E-state index contributed by atoms with van der Waals surface area (Å²) >= 11 is 0. The van der Waals surface area contributed by atoms with Gasteiger partial charge < -0.3 is 14.8 Å². The molecule has 0 radical (unpaired) electrons. The molecule has 3 aromatic rings. The topological polar surface area (TPSA) is 108 Å². The first-order valence-electron chi connectivity index (χ1n) is 9.38. The van der Waals surface area contributed by atoms with Gasteiger partial charge in [0.05, 0.1) is 12.0 Å². The molecule has 1 atom stereocenters. The minimum absolute atomic E-state index is 0.156. The van der Waals surface area contributed by atoms with Crippen LogP contribution in [0.4, 0.5) is 11.4 Å². The van der Waals surface area contributed by atoms with Crippen LogP contribution in [-0.4, -0.2) is 29.8 Å². The first-order valence-corrected chi connectivity index (χ1v) is 9.38. The standard InChI is InChI=1S/C23H20N2O6/c1-15(22(26)16-9-11-20(30-2)12-10-16)31-21-8-4-6-18(14-21)24-23(27)17-5-3-7-19(13-17)25(28)29/h3-15H,1-2H3,(H,24,27). The number of amides is 1. The first kappa shape index (κ1) is 21.5. The Hall–Kier alpha value is -4.20. The number of carbonyl (C=O) groups is 2. The van der Waals surface area contributed by atoms with E-state index in [4.69, 9.17) is 9.47 Å². The van der Waals surface area contributed by atoms with Crippen molar-refractivity contribution < 1.29 is 24.0 Å². The van der Waals surface area contributed by atoms with E-state index in [0.717, 1.165) is 0 Å². The lowest BCUT2D eigenvalue weighted by Crippen LogP contribution is -2.24. The Morgan fingerprint density at radius 1 is 0.935 bits per heavy atom. The molecule has 0 spiro atoms. The number of hydrogen-bond acceptors (Lipinski definition) is 6. The highest BCUT2D eigenvalue weighted by molar-refractivity contribution is 6.04. The molecular weight excluding hydrogens is 400 g/mol. The van der Waals surface area contributed by atoms with Crippen LogP contribution in [0.2, 0.25) is 0 Å². The van der Waals surface area contributed by atoms with E-state index in [2.05, 4.69) is 5.32 Å². The fourth-order valence-corrected chi connectivity index (χ4v) is 2.86. The second kappa shape index (κ2) is 9.53. The van der Waals surface area contributed by atoms with E-state index in [1.54, 1.807) is 62.6 Å². The van der Waals surface area contributed by atoms with E-state index < -0.39 is 16.9 Å². The zero-order chi connectivity index (χ0) is 22.4. The molecule has 1 N–H and O–H groups in total. The van der Waals surface area contributed by atoms with Crippen LogP contribution in [-0.2, 0) is 0 Å². The lowest BCUT2D eigenvalue weighted by atomic mass is 10.1. The molecule has 0 aliphatic carbocycles. The van der Waals surface area contributed by atoms with Gasteiger partial charge in [0.2, 0.25) is 5.78 Å². The molecule has 0 heterocycles. The highest BCUT2D eigenvalue weighted by Crippen LogP contribution is 2.22. The Labute approximate surface area is 178 Å². The number of benzene rings is 3. The Bertz CT molecular complexity index is 1110. The maximum atomic E-state index is 12.6. The summed E-state index contributed by atoms with van der Waals surface area (Å²) in [6.45, 7) is 1.64. The number of hydrogen-bond donors (Lipinski definition) is 1. The van der Waals surface area contributed by atoms with E-state index in [9.17, 15) is 19.7 Å². The maximum absolute atomic E-state index is 12.6. The molecule has 0 bridgehead atoms. The predicted molar refractivity (Wildman–Crippen MR) is 115 cm³/mol. The van der Waals surface area contributed by atoms with Crippen molar-refractivity contribution in [1.82, 2.24) is 0 Å². The number of rotatable bonds is 8. The summed E-state index contributed by atoms with van der Waals surface area (Å²) < 4.78 is 10.8. The second-order valence-corrected chi connectivity index (χ2v) is 6.64. The summed E-state index contributed by atoms with van der Waals surface area (Å²) in [6.07, 6.45) is -0.754. The molecule has 0 aromatic heterocycles. The monoisotopic (exact) mass is 420 g/mol. The van der Waals surface area contributed by atoms with Gasteiger partial charge in [-0.2, -0.15) is 0 Å². The molecule has 8 heteroatoms. The number of nitrogens with zero attached hydrogens (tertiary/aromatic N) is 1. The summed E-state index contributed by atoms with van der Waals surface area (Å²) in [5, 5.41) is 13.6. The molecule has 158 valence electrons. The molecule has 1 unspecified atom stereocenters. The molecule has 0 aliphatic rings. The third-order valence-electron chi connectivity index (χ3n) is 4.47. The summed E-state index contributed by atoms with van der Waals surface area (Å²) in [5.74, 6) is 0.348. The quantitative estimate of drug-likeness (QED) is 0.326. The van der Waals surface area contributed by atoms with Gasteiger partial charge in [-0.05, 0) is 49.4 Å². The Morgan fingerprint density at radius 2 is 1.65 bits per heavy atom. The van der Waals surface area contributed by atoms with Gasteiger partial charge in [0.15, 0.2) is 6.10 Å². The van der Waals surface area contributed by atoms with Crippen molar-refractivity contribution in [3.63, 3.8) is 0 Å². The first-order chi connectivity index (χ1) is 14.9. The fraction of sp³-hybridized carbons (Fsp3) is 0.130. The summed E-state index contributed by atoms with van der Waals surface area (Å²) in [5.41, 5.74) is 0.903. The summed E-state index contributed by atoms with van der Waals surface area (Å²) in [6, 6.07) is 18.7. The average Bonchev–Trinajstić information content (AvgIpc) is 2.79. The lowest BCUT2D eigenvalue weighted by molar-refractivity contribution is -0.384. The van der Waals surface area contributed by atoms with Gasteiger partial charge in [-0.3, -0.25) is 19.7 Å². The number of carbonyl (C=O) groups excluding carboxylic acids is 2. The number of Topliss-reactive ketones (excluding diaryl/α,β-unsaturated/α-hetero) is 1. The third-order valence-corrected chi connectivity index (χ3v) is 4.47. The SMILES string of the molecule is COc1ccc(C(=O)C(C)Oc2cccc(NC(=O)c3cccc([N+](=O)[O-])c3)c2)cc1. The summed E-state index contributed by atoms with van der Waals surface area (Å²) in [7, 11) is 1.55. The number of non-ortho nitro benzene ring substituents is 1. The number of methoxy groups -OCH3 is 1. The maximum Gasteiger partial charge on any atom is 0.270 e. The fourth-order valence-electron chi connectivity index (χ4n) is 2.86. The van der Waals surface area contributed by atoms with Crippen LogP contribution in [0, 0.1) is 10.1 Å². The zero-order valence-electron chi connectivity index (χ0n) is 16.9. The van der Waals surface area contributed by atoms with E-state index in [-0.39, 0.29) is 17.0 Å². The number of anilines is 1. The van der Waals surface area contributed by atoms with Crippen LogP contribution in [0.15, 0.2) is 72.8 Å². The normalized spacial score (nSPS) is 11.3. The average molecular weight is 420 g/mol. The van der Waals surface area contributed by atoms with E-state index in [1.165, 1.54) is 24.3 Å². The number of ether oxygens (including phenoxy) is 2.